The molecular formula is C12H10Br2OS. The minimum Gasteiger partial charge on any atom is -0.497 e. The van der Waals surface area contributed by atoms with Gasteiger partial charge in [-0.1, -0.05) is 28.1 Å². The van der Waals surface area contributed by atoms with Gasteiger partial charge < -0.3 is 4.74 Å². The molecule has 84 valence electrons. The summed E-state index contributed by atoms with van der Waals surface area (Å²) in [6.07, 6.45) is 0. The summed E-state index contributed by atoms with van der Waals surface area (Å²) in [6, 6.07) is 10.2. The first-order valence-electron chi connectivity index (χ1n) is 4.72. The molecule has 1 atom stereocenters. The first-order valence-corrected chi connectivity index (χ1v) is 7.31. The van der Waals surface area contributed by atoms with E-state index in [2.05, 4.69) is 55.4 Å². The van der Waals surface area contributed by atoms with Crippen LogP contribution in [0.1, 0.15) is 16.0 Å². The molecule has 1 heterocycles. The van der Waals surface area contributed by atoms with Gasteiger partial charge in [0.1, 0.15) is 5.75 Å². The molecule has 1 aromatic heterocycles. The van der Waals surface area contributed by atoms with E-state index in [0.717, 1.165) is 9.54 Å². The largest absolute Gasteiger partial charge is 0.497 e. The Hall–Kier alpha value is -0.320. The summed E-state index contributed by atoms with van der Waals surface area (Å²) in [5, 5.41) is 2.15. The molecule has 4 heteroatoms. The van der Waals surface area contributed by atoms with Crippen LogP contribution < -0.4 is 4.74 Å². The molecule has 0 bridgehead atoms. The second-order valence-corrected chi connectivity index (χ2v) is 6.53. The minimum absolute atomic E-state index is 0.237. The van der Waals surface area contributed by atoms with Crippen molar-refractivity contribution in [1.82, 2.24) is 0 Å². The summed E-state index contributed by atoms with van der Waals surface area (Å²) in [5.41, 5.74) is 2.49. The van der Waals surface area contributed by atoms with E-state index in [1.165, 1.54) is 11.1 Å². The van der Waals surface area contributed by atoms with E-state index < -0.39 is 0 Å². The maximum Gasteiger partial charge on any atom is 0.118 e. The SMILES string of the molecule is COc1ccc(C(Br)c2csc(Br)c2)cc1. The Morgan fingerprint density at radius 3 is 2.38 bits per heavy atom. The van der Waals surface area contributed by atoms with Crippen LogP contribution in [-0.4, -0.2) is 7.11 Å². The van der Waals surface area contributed by atoms with Gasteiger partial charge in [-0.3, -0.25) is 0 Å². The first-order chi connectivity index (χ1) is 7.70. The third kappa shape index (κ3) is 2.67. The van der Waals surface area contributed by atoms with E-state index in [4.69, 9.17) is 4.74 Å². The molecule has 2 aromatic rings. The standard InChI is InChI=1S/C12H10Br2OS/c1-15-10-4-2-8(3-5-10)12(14)9-6-11(13)16-7-9/h2-7,12H,1H3. The van der Waals surface area contributed by atoms with E-state index >= 15 is 0 Å². The lowest BCUT2D eigenvalue weighted by molar-refractivity contribution is 0.414. The second-order valence-electron chi connectivity index (χ2n) is 3.32. The van der Waals surface area contributed by atoms with Crippen LogP contribution >= 0.6 is 43.2 Å². The molecule has 1 nitrogen and oxygen atoms in total. The molecule has 1 unspecified atom stereocenters. The van der Waals surface area contributed by atoms with Gasteiger partial charge in [-0.05, 0) is 50.6 Å². The highest BCUT2D eigenvalue weighted by Crippen LogP contribution is 2.35. The van der Waals surface area contributed by atoms with Crippen molar-refractivity contribution in [3.8, 4) is 5.75 Å². The molecule has 2 rings (SSSR count). The smallest absolute Gasteiger partial charge is 0.118 e. The van der Waals surface area contributed by atoms with Gasteiger partial charge in [0.25, 0.3) is 0 Å². The fourth-order valence-corrected chi connectivity index (χ4v) is 3.37. The van der Waals surface area contributed by atoms with Crippen molar-refractivity contribution in [2.45, 2.75) is 4.83 Å². The number of halogens is 2. The number of methoxy groups -OCH3 is 1. The van der Waals surface area contributed by atoms with Crippen molar-refractivity contribution in [3.63, 3.8) is 0 Å². The predicted molar refractivity (Wildman–Crippen MR) is 75.8 cm³/mol. The van der Waals surface area contributed by atoms with Crippen LogP contribution in [-0.2, 0) is 0 Å². The number of thiophene rings is 1. The van der Waals surface area contributed by atoms with Crippen molar-refractivity contribution in [2.24, 2.45) is 0 Å². The molecule has 0 saturated heterocycles. The lowest BCUT2D eigenvalue weighted by Gasteiger charge is -2.09. The van der Waals surface area contributed by atoms with E-state index in [1.807, 2.05) is 12.1 Å². The maximum atomic E-state index is 5.14. The normalized spacial score (nSPS) is 12.4. The Bertz CT molecular complexity index is 464. The van der Waals surface area contributed by atoms with Crippen LogP contribution in [0.25, 0.3) is 0 Å². The van der Waals surface area contributed by atoms with Gasteiger partial charge in [0.05, 0.1) is 15.7 Å². The van der Waals surface area contributed by atoms with Crippen molar-refractivity contribution < 1.29 is 4.74 Å². The van der Waals surface area contributed by atoms with Crippen LogP contribution in [0, 0.1) is 0 Å². The Balaban J connectivity index is 2.23. The number of alkyl halides is 1. The molecule has 0 N–H and O–H groups in total. The summed E-state index contributed by atoms with van der Waals surface area (Å²) in [4.78, 5) is 0.237. The zero-order valence-corrected chi connectivity index (χ0v) is 12.6. The van der Waals surface area contributed by atoms with Gasteiger partial charge >= 0.3 is 0 Å². The molecule has 0 saturated carbocycles. The van der Waals surface area contributed by atoms with Crippen molar-refractivity contribution >= 4 is 43.2 Å². The zero-order valence-electron chi connectivity index (χ0n) is 8.61. The average Bonchev–Trinajstić information content (AvgIpc) is 2.75. The number of benzene rings is 1. The number of rotatable bonds is 3. The molecule has 16 heavy (non-hydrogen) atoms. The first kappa shape index (κ1) is 12.1. The van der Waals surface area contributed by atoms with Gasteiger partial charge in [-0.2, -0.15) is 0 Å². The molecule has 0 spiro atoms. The Morgan fingerprint density at radius 1 is 1.19 bits per heavy atom. The second kappa shape index (κ2) is 5.34. The molecule has 0 amide bonds. The van der Waals surface area contributed by atoms with Crippen LogP contribution in [0.4, 0.5) is 0 Å². The number of hydrogen-bond acceptors (Lipinski definition) is 2. The van der Waals surface area contributed by atoms with Crippen molar-refractivity contribution in [1.29, 1.82) is 0 Å². The fraction of sp³-hybridized carbons (Fsp3) is 0.167. The fourth-order valence-electron chi connectivity index (χ4n) is 1.42. The summed E-state index contributed by atoms with van der Waals surface area (Å²) < 4.78 is 6.29. The summed E-state index contributed by atoms with van der Waals surface area (Å²) >= 11 is 8.87. The third-order valence-corrected chi connectivity index (χ3v) is 4.87. The Kier molecular flexibility index (Phi) is 4.05. The van der Waals surface area contributed by atoms with Crippen LogP contribution in [0.5, 0.6) is 5.75 Å². The molecular weight excluding hydrogens is 352 g/mol. The topological polar surface area (TPSA) is 9.23 Å². The van der Waals surface area contributed by atoms with Gasteiger partial charge in [-0.15, -0.1) is 11.3 Å². The van der Waals surface area contributed by atoms with Crippen molar-refractivity contribution in [2.75, 3.05) is 7.11 Å². The zero-order chi connectivity index (χ0) is 11.5. The number of hydrogen-bond donors (Lipinski definition) is 0. The monoisotopic (exact) mass is 360 g/mol. The third-order valence-electron chi connectivity index (χ3n) is 2.29. The highest BCUT2D eigenvalue weighted by Gasteiger charge is 2.11. The molecule has 0 aliphatic heterocycles. The summed E-state index contributed by atoms with van der Waals surface area (Å²) in [6.45, 7) is 0. The lowest BCUT2D eigenvalue weighted by atomic mass is 10.1. The highest BCUT2D eigenvalue weighted by molar-refractivity contribution is 9.11. The summed E-state index contributed by atoms with van der Waals surface area (Å²) in [5.74, 6) is 0.884. The van der Waals surface area contributed by atoms with Gasteiger partial charge in [0.2, 0.25) is 0 Å². The van der Waals surface area contributed by atoms with E-state index in [9.17, 15) is 0 Å². The highest BCUT2D eigenvalue weighted by atomic mass is 79.9. The molecule has 0 radical (unpaired) electrons. The lowest BCUT2D eigenvalue weighted by Crippen LogP contribution is -1.90. The quantitative estimate of drug-likeness (QED) is 0.698. The maximum absolute atomic E-state index is 5.14. The minimum atomic E-state index is 0.237. The molecule has 0 aliphatic carbocycles. The predicted octanol–water partition coefficient (Wildman–Crippen LogP) is 5.00. The number of ether oxygens (including phenoxy) is 1. The molecule has 0 aliphatic rings. The van der Waals surface area contributed by atoms with Gasteiger partial charge in [-0.25, -0.2) is 0 Å². The van der Waals surface area contributed by atoms with E-state index in [-0.39, 0.29) is 4.83 Å². The molecule has 1 aromatic carbocycles. The van der Waals surface area contributed by atoms with Gasteiger partial charge in [0.15, 0.2) is 0 Å². The molecule has 0 fully saturated rings. The van der Waals surface area contributed by atoms with Crippen molar-refractivity contribution in [3.05, 3.63) is 50.6 Å². The van der Waals surface area contributed by atoms with E-state index in [1.54, 1.807) is 18.4 Å². The van der Waals surface area contributed by atoms with Crippen LogP contribution in [0.15, 0.2) is 39.5 Å². The van der Waals surface area contributed by atoms with Crippen LogP contribution in [0.3, 0.4) is 0 Å². The Labute approximate surface area is 116 Å². The van der Waals surface area contributed by atoms with Crippen LogP contribution in [0.2, 0.25) is 0 Å². The Morgan fingerprint density at radius 2 is 1.88 bits per heavy atom. The average molecular weight is 362 g/mol. The summed E-state index contributed by atoms with van der Waals surface area (Å²) in [7, 11) is 1.68. The van der Waals surface area contributed by atoms with E-state index in [0.29, 0.717) is 0 Å². The van der Waals surface area contributed by atoms with Gasteiger partial charge in [0, 0.05) is 0 Å².